The van der Waals surface area contributed by atoms with E-state index in [9.17, 15) is 5.11 Å². The van der Waals surface area contributed by atoms with Gasteiger partial charge in [-0.3, -0.25) is 0 Å². The van der Waals surface area contributed by atoms with Gasteiger partial charge in [0, 0.05) is 17.0 Å². The van der Waals surface area contributed by atoms with Gasteiger partial charge >= 0.3 is 0 Å². The molecule has 0 amide bonds. The molecule has 2 nitrogen and oxygen atoms in total. The van der Waals surface area contributed by atoms with E-state index in [4.69, 9.17) is 5.73 Å². The lowest BCUT2D eigenvalue weighted by Gasteiger charge is -2.04. The molecular weight excluding hydrogens is 182 g/mol. The molecule has 0 atom stereocenters. The van der Waals surface area contributed by atoms with Crippen LogP contribution in [-0.2, 0) is 5.75 Å². The van der Waals surface area contributed by atoms with Crippen LogP contribution in [0.5, 0.6) is 5.75 Å². The lowest BCUT2D eigenvalue weighted by molar-refractivity contribution is 0.471. The highest BCUT2D eigenvalue weighted by Crippen LogP contribution is 2.24. The highest BCUT2D eigenvalue weighted by Gasteiger charge is 2.00. The second kappa shape index (κ2) is 5.02. The van der Waals surface area contributed by atoms with Crippen LogP contribution in [0.3, 0.4) is 0 Å². The number of aromatic hydroxyl groups is 1. The van der Waals surface area contributed by atoms with Crippen LogP contribution in [0, 0.1) is 0 Å². The summed E-state index contributed by atoms with van der Waals surface area (Å²) in [7, 11) is 0. The molecule has 0 bridgehead atoms. The van der Waals surface area contributed by atoms with Gasteiger partial charge in [-0.05, 0) is 30.4 Å². The Bertz CT molecular complexity index is 276. The van der Waals surface area contributed by atoms with E-state index < -0.39 is 0 Å². The fraction of sp³-hybridized carbons (Fsp3) is 0.400. The monoisotopic (exact) mass is 197 g/mol. The normalized spacial score (nSPS) is 10.2. The van der Waals surface area contributed by atoms with E-state index in [0.717, 1.165) is 23.5 Å². The Labute approximate surface area is 83.1 Å². The molecule has 0 unspecified atom stereocenters. The van der Waals surface area contributed by atoms with Crippen molar-refractivity contribution in [3.63, 3.8) is 0 Å². The molecule has 0 heterocycles. The Balaban J connectivity index is 2.59. The van der Waals surface area contributed by atoms with Gasteiger partial charge in [-0.2, -0.15) is 11.8 Å². The third-order valence-electron chi connectivity index (χ3n) is 1.71. The zero-order chi connectivity index (χ0) is 9.68. The average molecular weight is 197 g/mol. The molecule has 0 fully saturated rings. The van der Waals surface area contributed by atoms with E-state index in [2.05, 4.69) is 6.92 Å². The Kier molecular flexibility index (Phi) is 3.96. The first-order valence-electron chi connectivity index (χ1n) is 4.39. The topological polar surface area (TPSA) is 46.2 Å². The van der Waals surface area contributed by atoms with E-state index in [-0.39, 0.29) is 0 Å². The van der Waals surface area contributed by atoms with Crippen molar-refractivity contribution in [3.05, 3.63) is 23.8 Å². The first kappa shape index (κ1) is 10.3. The van der Waals surface area contributed by atoms with Crippen LogP contribution in [0.25, 0.3) is 0 Å². The molecule has 0 aliphatic heterocycles. The highest BCUT2D eigenvalue weighted by atomic mass is 32.2. The van der Waals surface area contributed by atoms with Gasteiger partial charge in [-0.15, -0.1) is 0 Å². The number of thioether (sulfide) groups is 1. The number of rotatable bonds is 4. The largest absolute Gasteiger partial charge is 0.508 e. The zero-order valence-corrected chi connectivity index (χ0v) is 8.60. The van der Waals surface area contributed by atoms with Crippen LogP contribution < -0.4 is 5.73 Å². The predicted octanol–water partition coefficient (Wildman–Crippen LogP) is 2.62. The molecule has 0 aromatic heterocycles. The number of benzene rings is 1. The highest BCUT2D eigenvalue weighted by molar-refractivity contribution is 7.98. The summed E-state index contributed by atoms with van der Waals surface area (Å²) < 4.78 is 0. The molecule has 0 radical (unpaired) electrons. The van der Waals surface area contributed by atoms with Crippen molar-refractivity contribution in [1.29, 1.82) is 0 Å². The van der Waals surface area contributed by atoms with Crippen molar-refractivity contribution >= 4 is 17.4 Å². The number of phenolic OH excluding ortho intramolecular Hbond substituents is 1. The van der Waals surface area contributed by atoms with Crippen molar-refractivity contribution in [2.24, 2.45) is 0 Å². The maximum Gasteiger partial charge on any atom is 0.119 e. The van der Waals surface area contributed by atoms with Crippen molar-refractivity contribution in [2.75, 3.05) is 11.5 Å². The van der Waals surface area contributed by atoms with Gasteiger partial charge in [0.2, 0.25) is 0 Å². The second-order valence-corrected chi connectivity index (χ2v) is 4.05. The molecule has 0 spiro atoms. The van der Waals surface area contributed by atoms with Crippen molar-refractivity contribution in [3.8, 4) is 5.75 Å². The van der Waals surface area contributed by atoms with Crippen LogP contribution in [0.2, 0.25) is 0 Å². The Morgan fingerprint density at radius 3 is 2.92 bits per heavy atom. The minimum Gasteiger partial charge on any atom is -0.508 e. The molecule has 0 saturated heterocycles. The summed E-state index contributed by atoms with van der Waals surface area (Å²) in [5.74, 6) is 2.30. The van der Waals surface area contributed by atoms with Gasteiger partial charge in [0.1, 0.15) is 5.75 Å². The number of nitrogen functional groups attached to an aromatic ring is 1. The molecule has 0 aliphatic rings. The molecule has 13 heavy (non-hydrogen) atoms. The smallest absolute Gasteiger partial charge is 0.119 e. The SMILES string of the molecule is CCCSCc1cc(N)ccc1O. The summed E-state index contributed by atoms with van der Waals surface area (Å²) >= 11 is 1.81. The van der Waals surface area contributed by atoms with Gasteiger partial charge in [0.25, 0.3) is 0 Å². The van der Waals surface area contributed by atoms with E-state index in [1.165, 1.54) is 0 Å². The minimum absolute atomic E-state index is 0.345. The van der Waals surface area contributed by atoms with Crippen molar-refractivity contribution in [1.82, 2.24) is 0 Å². The van der Waals surface area contributed by atoms with Crippen molar-refractivity contribution < 1.29 is 5.11 Å². The zero-order valence-electron chi connectivity index (χ0n) is 7.79. The summed E-state index contributed by atoms with van der Waals surface area (Å²) in [6.45, 7) is 2.15. The lowest BCUT2D eigenvalue weighted by Crippen LogP contribution is -1.88. The summed E-state index contributed by atoms with van der Waals surface area (Å²) in [5.41, 5.74) is 7.25. The number of hydrogen-bond donors (Lipinski definition) is 2. The standard InChI is InChI=1S/C10H15NOS/c1-2-5-13-7-8-6-9(11)3-4-10(8)12/h3-4,6,12H,2,5,7,11H2,1H3. The number of anilines is 1. The molecule has 3 heteroatoms. The molecule has 1 aromatic rings. The quantitative estimate of drug-likeness (QED) is 0.443. The predicted molar refractivity (Wildman–Crippen MR) is 59.0 cm³/mol. The number of phenols is 1. The second-order valence-electron chi connectivity index (χ2n) is 2.94. The van der Waals surface area contributed by atoms with Gasteiger partial charge < -0.3 is 10.8 Å². The third kappa shape index (κ3) is 3.19. The minimum atomic E-state index is 0.345. The molecule has 72 valence electrons. The van der Waals surface area contributed by atoms with Crippen LogP contribution in [0.15, 0.2) is 18.2 Å². The van der Waals surface area contributed by atoms with Crippen LogP contribution in [0.4, 0.5) is 5.69 Å². The number of nitrogens with two attached hydrogens (primary N) is 1. The van der Waals surface area contributed by atoms with Crippen LogP contribution in [0.1, 0.15) is 18.9 Å². The fourth-order valence-corrected chi connectivity index (χ4v) is 1.93. The molecule has 1 rings (SSSR count). The first-order chi connectivity index (χ1) is 6.24. The first-order valence-corrected chi connectivity index (χ1v) is 5.54. The average Bonchev–Trinajstić information content (AvgIpc) is 2.11. The summed E-state index contributed by atoms with van der Waals surface area (Å²) in [5, 5.41) is 9.47. The van der Waals surface area contributed by atoms with E-state index in [1.54, 1.807) is 12.1 Å². The molecule has 0 aliphatic carbocycles. The Hall–Kier alpha value is -0.830. The van der Waals surface area contributed by atoms with E-state index >= 15 is 0 Å². The summed E-state index contributed by atoms with van der Waals surface area (Å²) in [6, 6.07) is 5.19. The molecule has 1 aromatic carbocycles. The lowest BCUT2D eigenvalue weighted by atomic mass is 10.2. The maximum absolute atomic E-state index is 9.47. The van der Waals surface area contributed by atoms with E-state index in [0.29, 0.717) is 11.4 Å². The summed E-state index contributed by atoms with van der Waals surface area (Å²) in [4.78, 5) is 0. The van der Waals surface area contributed by atoms with Gasteiger partial charge in [-0.1, -0.05) is 6.92 Å². The van der Waals surface area contributed by atoms with Gasteiger partial charge in [0.05, 0.1) is 0 Å². The van der Waals surface area contributed by atoms with E-state index in [1.807, 2.05) is 17.8 Å². The maximum atomic E-state index is 9.47. The van der Waals surface area contributed by atoms with Gasteiger partial charge in [-0.25, -0.2) is 0 Å². The Morgan fingerprint density at radius 1 is 1.46 bits per heavy atom. The van der Waals surface area contributed by atoms with Gasteiger partial charge in [0.15, 0.2) is 0 Å². The fourth-order valence-electron chi connectivity index (χ4n) is 1.05. The van der Waals surface area contributed by atoms with Crippen molar-refractivity contribution in [2.45, 2.75) is 19.1 Å². The molecular formula is C10H15NOS. The number of hydrogen-bond acceptors (Lipinski definition) is 3. The molecule has 0 saturated carbocycles. The summed E-state index contributed by atoms with van der Waals surface area (Å²) in [6.07, 6.45) is 1.16. The molecule has 3 N–H and O–H groups in total. The van der Waals surface area contributed by atoms with Crippen LogP contribution in [-0.4, -0.2) is 10.9 Å². The Morgan fingerprint density at radius 2 is 2.23 bits per heavy atom. The van der Waals surface area contributed by atoms with Crippen LogP contribution >= 0.6 is 11.8 Å². The third-order valence-corrected chi connectivity index (χ3v) is 2.92.